The summed E-state index contributed by atoms with van der Waals surface area (Å²) in [6, 6.07) is 8.41. The first-order valence-electron chi connectivity index (χ1n) is 10.0. The van der Waals surface area contributed by atoms with Crippen molar-refractivity contribution >= 4 is 18.0 Å². The first-order chi connectivity index (χ1) is 13.8. The maximum absolute atomic E-state index is 12.0. The molecular formula is C23H31N3O3. The number of carbonyl (C=O) groups excluding carboxylic acids is 2. The molecule has 0 aliphatic heterocycles. The van der Waals surface area contributed by atoms with E-state index in [4.69, 9.17) is 4.74 Å². The Kier molecular flexibility index (Phi) is 8.19. The third-order valence-electron chi connectivity index (χ3n) is 4.75. The molecule has 0 radical (unpaired) electrons. The number of carbonyl (C=O) groups is 2. The fourth-order valence-corrected chi connectivity index (χ4v) is 3.13. The van der Waals surface area contributed by atoms with Crippen molar-refractivity contribution in [2.24, 2.45) is 0 Å². The van der Waals surface area contributed by atoms with Crippen LogP contribution in [0.5, 0.6) is 0 Å². The monoisotopic (exact) mass is 397 g/mol. The zero-order valence-corrected chi connectivity index (χ0v) is 18.0. The molecule has 0 fully saturated rings. The molecule has 0 bridgehead atoms. The van der Waals surface area contributed by atoms with Crippen molar-refractivity contribution in [1.29, 1.82) is 0 Å². The lowest BCUT2D eigenvalue weighted by Crippen LogP contribution is -2.35. The summed E-state index contributed by atoms with van der Waals surface area (Å²) >= 11 is 0. The number of benzene rings is 1. The minimum absolute atomic E-state index is 0.0754. The van der Waals surface area contributed by atoms with Crippen LogP contribution in [-0.2, 0) is 20.9 Å². The average molecular weight is 398 g/mol. The Bertz CT molecular complexity index is 866. The standard InChI is InChI=1S/C23H31N3O3/c1-6-7-17(3)24-22(27)15-29-23(28)13-12-21-18(4)25-26(19(21)5)14-20-10-8-16(2)9-11-20/h8-13,17H,6-7,14-15H2,1-5H3,(H,24,27)/b13-12+/t17-/m0/s1. The second kappa shape index (κ2) is 10.6. The summed E-state index contributed by atoms with van der Waals surface area (Å²) in [4.78, 5) is 23.8. The van der Waals surface area contributed by atoms with Crippen LogP contribution in [0.15, 0.2) is 30.3 Å². The van der Waals surface area contributed by atoms with Crippen molar-refractivity contribution < 1.29 is 14.3 Å². The van der Waals surface area contributed by atoms with Crippen LogP contribution in [0.4, 0.5) is 0 Å². The lowest BCUT2D eigenvalue weighted by Gasteiger charge is -2.12. The number of hydrogen-bond donors (Lipinski definition) is 1. The fraction of sp³-hybridized carbons (Fsp3) is 0.435. The Morgan fingerprint density at radius 2 is 1.90 bits per heavy atom. The van der Waals surface area contributed by atoms with Gasteiger partial charge in [0.1, 0.15) is 0 Å². The van der Waals surface area contributed by atoms with Gasteiger partial charge in [-0.05, 0) is 45.8 Å². The van der Waals surface area contributed by atoms with Crippen LogP contribution in [0.25, 0.3) is 6.08 Å². The van der Waals surface area contributed by atoms with Crippen LogP contribution < -0.4 is 5.32 Å². The van der Waals surface area contributed by atoms with Crippen molar-refractivity contribution in [3.05, 3.63) is 58.4 Å². The van der Waals surface area contributed by atoms with Gasteiger partial charge in [-0.3, -0.25) is 9.48 Å². The first kappa shape index (κ1) is 22.4. The van der Waals surface area contributed by atoms with Crippen molar-refractivity contribution in [2.45, 2.75) is 60.0 Å². The molecule has 1 N–H and O–H groups in total. The smallest absolute Gasteiger partial charge is 0.331 e. The molecule has 0 saturated heterocycles. The summed E-state index contributed by atoms with van der Waals surface area (Å²) in [5.74, 6) is -0.834. The summed E-state index contributed by atoms with van der Waals surface area (Å²) in [6.45, 7) is 10.3. The Labute approximate surface area is 173 Å². The second-order valence-electron chi connectivity index (χ2n) is 7.43. The number of hydrogen-bond acceptors (Lipinski definition) is 4. The van der Waals surface area contributed by atoms with Crippen LogP contribution in [-0.4, -0.2) is 34.3 Å². The van der Waals surface area contributed by atoms with Crippen molar-refractivity contribution in [3.63, 3.8) is 0 Å². The van der Waals surface area contributed by atoms with E-state index in [0.717, 1.165) is 29.8 Å². The fourth-order valence-electron chi connectivity index (χ4n) is 3.13. The molecular weight excluding hydrogens is 366 g/mol. The highest BCUT2D eigenvalue weighted by Gasteiger charge is 2.11. The molecule has 2 rings (SSSR count). The summed E-state index contributed by atoms with van der Waals surface area (Å²) in [6.07, 6.45) is 4.92. The molecule has 1 amide bonds. The van der Waals surface area contributed by atoms with Gasteiger partial charge < -0.3 is 10.1 Å². The van der Waals surface area contributed by atoms with Gasteiger partial charge in [0.25, 0.3) is 5.91 Å². The molecule has 6 heteroatoms. The molecule has 0 unspecified atom stereocenters. The number of aryl methyl sites for hydroxylation is 2. The van der Waals surface area contributed by atoms with Crippen molar-refractivity contribution in [1.82, 2.24) is 15.1 Å². The van der Waals surface area contributed by atoms with Crippen LogP contribution in [0.1, 0.15) is 54.8 Å². The SMILES string of the molecule is CCC[C@H](C)NC(=O)COC(=O)/C=C/c1c(C)nn(Cc2ccc(C)cc2)c1C. The zero-order chi connectivity index (χ0) is 21.4. The van der Waals surface area contributed by atoms with E-state index in [1.54, 1.807) is 6.08 Å². The minimum atomic E-state index is -0.548. The molecule has 6 nitrogen and oxygen atoms in total. The highest BCUT2D eigenvalue weighted by Crippen LogP contribution is 2.17. The van der Waals surface area contributed by atoms with E-state index in [-0.39, 0.29) is 18.6 Å². The molecule has 1 aromatic heterocycles. The number of aromatic nitrogens is 2. The Balaban J connectivity index is 1.94. The lowest BCUT2D eigenvalue weighted by molar-refractivity contribution is -0.144. The summed E-state index contributed by atoms with van der Waals surface area (Å²) in [5, 5.41) is 7.38. The van der Waals surface area contributed by atoms with Crippen LogP contribution in [0.2, 0.25) is 0 Å². The van der Waals surface area contributed by atoms with Crippen molar-refractivity contribution in [3.8, 4) is 0 Å². The molecule has 0 saturated carbocycles. The van der Waals surface area contributed by atoms with Crippen molar-refractivity contribution in [2.75, 3.05) is 6.61 Å². The molecule has 156 valence electrons. The summed E-state index contributed by atoms with van der Waals surface area (Å²) in [5.41, 5.74) is 5.08. The molecule has 29 heavy (non-hydrogen) atoms. The Morgan fingerprint density at radius 1 is 1.21 bits per heavy atom. The molecule has 0 spiro atoms. The largest absolute Gasteiger partial charge is 0.452 e. The Hall–Kier alpha value is -2.89. The van der Waals surface area contributed by atoms with Gasteiger partial charge in [0.05, 0.1) is 12.2 Å². The molecule has 1 aromatic carbocycles. The van der Waals surface area contributed by atoms with Gasteiger partial charge in [-0.1, -0.05) is 43.2 Å². The molecule has 2 aromatic rings. The summed E-state index contributed by atoms with van der Waals surface area (Å²) in [7, 11) is 0. The highest BCUT2D eigenvalue weighted by molar-refractivity contribution is 5.89. The van der Waals surface area contributed by atoms with Crippen LogP contribution >= 0.6 is 0 Å². The van der Waals surface area contributed by atoms with Gasteiger partial charge in [0.2, 0.25) is 0 Å². The number of ether oxygens (including phenoxy) is 1. The number of esters is 1. The molecule has 1 atom stereocenters. The third-order valence-corrected chi connectivity index (χ3v) is 4.75. The van der Waals surface area contributed by atoms with E-state index in [0.29, 0.717) is 6.54 Å². The minimum Gasteiger partial charge on any atom is -0.452 e. The van der Waals surface area contributed by atoms with Gasteiger partial charge in [-0.15, -0.1) is 0 Å². The van der Waals surface area contributed by atoms with Crippen LogP contribution in [0, 0.1) is 20.8 Å². The number of nitrogens with zero attached hydrogens (tertiary/aromatic N) is 2. The number of amides is 1. The predicted octanol–water partition coefficient (Wildman–Crippen LogP) is 3.72. The predicted molar refractivity (Wildman–Crippen MR) is 114 cm³/mol. The van der Waals surface area contributed by atoms with Gasteiger partial charge in [0.15, 0.2) is 6.61 Å². The van der Waals surface area contributed by atoms with E-state index in [9.17, 15) is 9.59 Å². The maximum atomic E-state index is 12.0. The zero-order valence-electron chi connectivity index (χ0n) is 18.0. The first-order valence-corrected chi connectivity index (χ1v) is 10.0. The maximum Gasteiger partial charge on any atom is 0.331 e. The normalized spacial score (nSPS) is 12.2. The van der Waals surface area contributed by atoms with E-state index in [1.165, 1.54) is 17.2 Å². The van der Waals surface area contributed by atoms with Crippen LogP contribution in [0.3, 0.4) is 0 Å². The van der Waals surface area contributed by atoms with E-state index < -0.39 is 5.97 Å². The molecule has 0 aliphatic rings. The molecule has 0 aliphatic carbocycles. The van der Waals surface area contributed by atoms with E-state index in [2.05, 4.69) is 48.5 Å². The highest BCUT2D eigenvalue weighted by atomic mass is 16.5. The second-order valence-corrected chi connectivity index (χ2v) is 7.43. The Morgan fingerprint density at radius 3 is 2.55 bits per heavy atom. The lowest BCUT2D eigenvalue weighted by atomic mass is 10.1. The van der Waals surface area contributed by atoms with Gasteiger partial charge >= 0.3 is 5.97 Å². The average Bonchev–Trinajstić information content (AvgIpc) is 2.93. The quantitative estimate of drug-likeness (QED) is 0.517. The van der Waals surface area contributed by atoms with Gasteiger partial charge in [-0.2, -0.15) is 5.10 Å². The molecule has 1 heterocycles. The third kappa shape index (κ3) is 6.89. The summed E-state index contributed by atoms with van der Waals surface area (Å²) < 4.78 is 6.96. The van der Waals surface area contributed by atoms with Gasteiger partial charge in [0, 0.05) is 23.4 Å². The number of nitrogens with one attached hydrogen (secondary N) is 1. The number of rotatable bonds is 9. The van der Waals surface area contributed by atoms with Gasteiger partial charge in [-0.25, -0.2) is 4.79 Å². The topological polar surface area (TPSA) is 73.2 Å². The van der Waals surface area contributed by atoms with E-state index >= 15 is 0 Å². The van der Waals surface area contributed by atoms with E-state index in [1.807, 2.05) is 25.5 Å².